The van der Waals surface area contributed by atoms with Crippen molar-refractivity contribution in [3.8, 4) is 0 Å². The number of benzene rings is 1. The van der Waals surface area contributed by atoms with Gasteiger partial charge in [0.1, 0.15) is 0 Å². The molecule has 0 atom stereocenters. The van der Waals surface area contributed by atoms with Crippen molar-refractivity contribution in [3.05, 3.63) is 35.9 Å². The van der Waals surface area contributed by atoms with Crippen molar-refractivity contribution in [2.24, 2.45) is 5.92 Å². The van der Waals surface area contributed by atoms with Gasteiger partial charge >= 0.3 is 6.03 Å². The number of nitrogens with one attached hydrogen (secondary N) is 1. The van der Waals surface area contributed by atoms with Crippen LogP contribution in [-0.4, -0.2) is 31.1 Å². The number of rotatable bonds is 3. The Hall–Kier alpha value is -1.55. The zero-order valence-corrected chi connectivity index (χ0v) is 10.8. The minimum Gasteiger partial charge on any atom is -0.323 e. The van der Waals surface area contributed by atoms with Gasteiger partial charge in [0.15, 0.2) is 0 Å². The van der Waals surface area contributed by atoms with E-state index in [-0.39, 0.29) is 6.03 Å². The molecule has 1 N–H and O–H groups in total. The molecule has 4 nitrogen and oxygen atoms in total. The summed E-state index contributed by atoms with van der Waals surface area (Å²) in [6, 6.07) is 10.4. The molecule has 2 amide bonds. The molecule has 0 aliphatic carbocycles. The summed E-state index contributed by atoms with van der Waals surface area (Å²) in [5.41, 5.74) is 3.75. The van der Waals surface area contributed by atoms with Gasteiger partial charge in [0.05, 0.1) is 7.11 Å². The molecule has 1 aliphatic rings. The number of urea groups is 1. The number of carbonyl (C=O) groups is 1. The highest BCUT2D eigenvalue weighted by molar-refractivity contribution is 5.73. The van der Waals surface area contributed by atoms with Gasteiger partial charge in [-0.15, -0.1) is 0 Å². The molecule has 0 saturated carbocycles. The lowest BCUT2D eigenvalue weighted by atomic mass is 9.90. The molecule has 4 heteroatoms. The molecule has 1 heterocycles. The van der Waals surface area contributed by atoms with Gasteiger partial charge in [0.2, 0.25) is 0 Å². The van der Waals surface area contributed by atoms with E-state index < -0.39 is 0 Å². The van der Waals surface area contributed by atoms with E-state index in [2.05, 4.69) is 34.6 Å². The molecule has 0 unspecified atom stereocenters. The topological polar surface area (TPSA) is 41.6 Å². The van der Waals surface area contributed by atoms with Gasteiger partial charge in [0.25, 0.3) is 0 Å². The highest BCUT2D eigenvalue weighted by atomic mass is 16.6. The Morgan fingerprint density at radius 3 is 2.61 bits per heavy atom. The summed E-state index contributed by atoms with van der Waals surface area (Å²) in [7, 11) is 1.46. The first-order valence-corrected chi connectivity index (χ1v) is 6.41. The average Bonchev–Trinajstić information content (AvgIpc) is 2.41. The number of nitrogens with zero attached hydrogens (tertiary/aromatic N) is 1. The van der Waals surface area contributed by atoms with E-state index in [1.165, 1.54) is 12.7 Å². The van der Waals surface area contributed by atoms with Gasteiger partial charge in [-0.1, -0.05) is 30.3 Å². The van der Waals surface area contributed by atoms with Gasteiger partial charge in [0, 0.05) is 13.1 Å². The Bertz CT molecular complexity index is 373. The Morgan fingerprint density at radius 1 is 1.33 bits per heavy atom. The highest BCUT2D eigenvalue weighted by Crippen LogP contribution is 2.21. The van der Waals surface area contributed by atoms with Gasteiger partial charge < -0.3 is 4.90 Å². The van der Waals surface area contributed by atoms with E-state index in [1.54, 1.807) is 0 Å². The fraction of sp³-hybridized carbons (Fsp3) is 0.500. The quantitative estimate of drug-likeness (QED) is 0.833. The van der Waals surface area contributed by atoms with Crippen molar-refractivity contribution < 1.29 is 9.63 Å². The van der Waals surface area contributed by atoms with Crippen LogP contribution in [0.15, 0.2) is 30.3 Å². The SMILES string of the molecule is CONC(=O)N1CCC(Cc2ccccc2)CC1. The number of carbonyl (C=O) groups excluding carboxylic acids is 1. The highest BCUT2D eigenvalue weighted by Gasteiger charge is 2.22. The van der Waals surface area contributed by atoms with Gasteiger partial charge in [-0.2, -0.15) is 0 Å². The number of piperidine rings is 1. The lowest BCUT2D eigenvalue weighted by molar-refractivity contribution is 0.0791. The van der Waals surface area contributed by atoms with Crippen LogP contribution >= 0.6 is 0 Å². The van der Waals surface area contributed by atoms with Crippen LogP contribution < -0.4 is 5.48 Å². The summed E-state index contributed by atoms with van der Waals surface area (Å²) < 4.78 is 0. The van der Waals surface area contributed by atoms with Crippen molar-refractivity contribution in [3.63, 3.8) is 0 Å². The number of amides is 2. The van der Waals surface area contributed by atoms with Crippen molar-refractivity contribution >= 4 is 6.03 Å². The molecule has 1 saturated heterocycles. The summed E-state index contributed by atoms with van der Waals surface area (Å²) in [5.74, 6) is 0.680. The number of hydrogen-bond acceptors (Lipinski definition) is 2. The first-order chi connectivity index (χ1) is 8.79. The lowest BCUT2D eigenvalue weighted by Gasteiger charge is -2.31. The summed E-state index contributed by atoms with van der Waals surface area (Å²) >= 11 is 0. The molecule has 0 bridgehead atoms. The monoisotopic (exact) mass is 248 g/mol. The molecular formula is C14H20N2O2. The first-order valence-electron chi connectivity index (χ1n) is 6.41. The molecule has 1 aliphatic heterocycles. The second kappa shape index (κ2) is 6.40. The maximum absolute atomic E-state index is 11.6. The summed E-state index contributed by atoms with van der Waals surface area (Å²) in [4.78, 5) is 18.0. The summed E-state index contributed by atoms with van der Waals surface area (Å²) in [6.07, 6.45) is 3.23. The van der Waals surface area contributed by atoms with Crippen molar-refractivity contribution in [1.29, 1.82) is 0 Å². The maximum atomic E-state index is 11.6. The van der Waals surface area contributed by atoms with E-state index in [4.69, 9.17) is 0 Å². The third-order valence-corrected chi connectivity index (χ3v) is 3.46. The minimum atomic E-state index is -0.129. The molecule has 2 rings (SSSR count). The van der Waals surface area contributed by atoms with Crippen LogP contribution in [0.5, 0.6) is 0 Å². The molecule has 1 fully saturated rings. The van der Waals surface area contributed by atoms with E-state index in [0.717, 1.165) is 32.4 Å². The van der Waals surface area contributed by atoms with Crippen LogP contribution in [0.25, 0.3) is 0 Å². The van der Waals surface area contributed by atoms with Crippen LogP contribution in [0.3, 0.4) is 0 Å². The van der Waals surface area contributed by atoms with Crippen LogP contribution in [0.2, 0.25) is 0 Å². The standard InChI is InChI=1S/C14H20N2O2/c1-18-15-14(17)16-9-7-13(8-10-16)11-12-5-3-2-4-6-12/h2-6,13H,7-11H2,1H3,(H,15,17). The molecule has 98 valence electrons. The Balaban J connectivity index is 1.78. The van der Waals surface area contributed by atoms with E-state index in [0.29, 0.717) is 5.92 Å². The summed E-state index contributed by atoms with van der Waals surface area (Å²) in [5, 5.41) is 0. The van der Waals surface area contributed by atoms with Crippen LogP contribution in [-0.2, 0) is 11.3 Å². The summed E-state index contributed by atoms with van der Waals surface area (Å²) in [6.45, 7) is 1.62. The van der Waals surface area contributed by atoms with Crippen LogP contribution in [0.4, 0.5) is 4.79 Å². The van der Waals surface area contributed by atoms with E-state index >= 15 is 0 Å². The van der Waals surface area contributed by atoms with Gasteiger partial charge in [-0.3, -0.25) is 4.84 Å². The number of hydrogen-bond donors (Lipinski definition) is 1. The zero-order chi connectivity index (χ0) is 12.8. The fourth-order valence-corrected chi connectivity index (χ4v) is 2.44. The third-order valence-electron chi connectivity index (χ3n) is 3.46. The lowest BCUT2D eigenvalue weighted by Crippen LogP contribution is -2.44. The molecule has 0 spiro atoms. The van der Waals surface area contributed by atoms with Gasteiger partial charge in [-0.25, -0.2) is 10.3 Å². The fourth-order valence-electron chi connectivity index (χ4n) is 2.44. The van der Waals surface area contributed by atoms with E-state index in [9.17, 15) is 4.79 Å². The largest absolute Gasteiger partial charge is 0.341 e. The average molecular weight is 248 g/mol. The van der Waals surface area contributed by atoms with Crippen molar-refractivity contribution in [2.45, 2.75) is 19.3 Å². The Morgan fingerprint density at radius 2 is 2.00 bits per heavy atom. The van der Waals surface area contributed by atoms with Gasteiger partial charge in [-0.05, 0) is 30.7 Å². The maximum Gasteiger partial charge on any atom is 0.341 e. The number of likely N-dealkylation sites (tertiary alicyclic amines) is 1. The molecule has 18 heavy (non-hydrogen) atoms. The smallest absolute Gasteiger partial charge is 0.323 e. The molecule has 1 aromatic rings. The Labute approximate surface area is 108 Å². The molecule has 1 aromatic carbocycles. The normalized spacial score (nSPS) is 16.6. The zero-order valence-electron chi connectivity index (χ0n) is 10.8. The van der Waals surface area contributed by atoms with Crippen LogP contribution in [0, 0.1) is 5.92 Å². The molecule has 0 radical (unpaired) electrons. The first kappa shape index (κ1) is 12.9. The molecule has 0 aromatic heterocycles. The third kappa shape index (κ3) is 3.47. The van der Waals surface area contributed by atoms with Crippen LogP contribution in [0.1, 0.15) is 18.4 Å². The van der Waals surface area contributed by atoms with E-state index in [1.807, 2.05) is 11.0 Å². The minimum absolute atomic E-state index is 0.129. The van der Waals surface area contributed by atoms with Crippen molar-refractivity contribution in [2.75, 3.05) is 20.2 Å². The predicted octanol–water partition coefficient (Wildman–Crippen LogP) is 2.21. The second-order valence-corrected chi connectivity index (χ2v) is 4.73. The molecular weight excluding hydrogens is 228 g/mol. The van der Waals surface area contributed by atoms with Crippen molar-refractivity contribution in [1.82, 2.24) is 10.4 Å². The predicted molar refractivity (Wildman–Crippen MR) is 70.0 cm³/mol. The number of hydroxylamine groups is 1. The second-order valence-electron chi connectivity index (χ2n) is 4.73. The Kier molecular flexibility index (Phi) is 4.59.